The van der Waals surface area contributed by atoms with Crippen LogP contribution in [0.4, 0.5) is 0 Å². The number of amides is 1. The number of hydrogen-bond donors (Lipinski definition) is 0. The standard InChI is InChI=1S/C19H22N2O2/c22-18(12-14-6-1-2-7-14)21-11-5-8-15(13-21)19-20-16-9-3-4-10-17(16)23-19/h1,3-4,6,9-10,14-15H,2,5,7-8,11-13H2/t14-,15-/m0/s1. The lowest BCUT2D eigenvalue weighted by Gasteiger charge is -2.32. The predicted octanol–water partition coefficient (Wildman–Crippen LogP) is 3.89. The van der Waals surface area contributed by atoms with Gasteiger partial charge < -0.3 is 9.32 Å². The first-order chi connectivity index (χ1) is 11.3. The normalized spacial score (nSPS) is 24.4. The van der Waals surface area contributed by atoms with E-state index in [4.69, 9.17) is 4.42 Å². The first-order valence-electron chi connectivity index (χ1n) is 8.59. The lowest BCUT2D eigenvalue weighted by molar-refractivity contribution is -0.133. The van der Waals surface area contributed by atoms with Crippen LogP contribution in [0.5, 0.6) is 0 Å². The van der Waals surface area contributed by atoms with Crippen molar-refractivity contribution in [3.05, 3.63) is 42.3 Å². The molecule has 4 heteroatoms. The Morgan fingerprint density at radius 1 is 1.30 bits per heavy atom. The van der Waals surface area contributed by atoms with Gasteiger partial charge >= 0.3 is 0 Å². The van der Waals surface area contributed by atoms with E-state index in [0.717, 1.165) is 55.8 Å². The van der Waals surface area contributed by atoms with Gasteiger partial charge in [-0.2, -0.15) is 0 Å². The molecule has 1 aliphatic carbocycles. The number of rotatable bonds is 3. The SMILES string of the molecule is O=C(C[C@H]1C=CCC1)N1CCC[C@H](c2nc3ccccc3o2)C1. The van der Waals surface area contributed by atoms with E-state index in [0.29, 0.717) is 12.3 Å². The highest BCUT2D eigenvalue weighted by molar-refractivity contribution is 5.77. The molecule has 120 valence electrons. The van der Waals surface area contributed by atoms with Gasteiger partial charge in [-0.3, -0.25) is 4.79 Å². The van der Waals surface area contributed by atoms with Crippen LogP contribution in [0, 0.1) is 5.92 Å². The van der Waals surface area contributed by atoms with Crippen molar-refractivity contribution in [2.45, 2.75) is 38.0 Å². The molecule has 0 radical (unpaired) electrons. The van der Waals surface area contributed by atoms with Gasteiger partial charge in [0.25, 0.3) is 0 Å². The summed E-state index contributed by atoms with van der Waals surface area (Å²) in [5.74, 6) is 1.72. The van der Waals surface area contributed by atoms with Crippen LogP contribution in [0.15, 0.2) is 40.8 Å². The van der Waals surface area contributed by atoms with Crippen molar-refractivity contribution in [3.8, 4) is 0 Å². The number of nitrogens with zero attached hydrogens (tertiary/aromatic N) is 2. The van der Waals surface area contributed by atoms with Crippen LogP contribution >= 0.6 is 0 Å². The fourth-order valence-corrected chi connectivity index (χ4v) is 3.69. The third-order valence-corrected chi connectivity index (χ3v) is 4.98. The van der Waals surface area contributed by atoms with E-state index >= 15 is 0 Å². The zero-order chi connectivity index (χ0) is 15.6. The highest BCUT2D eigenvalue weighted by Gasteiger charge is 2.29. The molecular formula is C19H22N2O2. The summed E-state index contributed by atoms with van der Waals surface area (Å²) in [5, 5.41) is 0. The molecule has 1 fully saturated rings. The van der Waals surface area contributed by atoms with Crippen LogP contribution in [0.3, 0.4) is 0 Å². The molecule has 0 N–H and O–H groups in total. The van der Waals surface area contributed by atoms with E-state index in [1.807, 2.05) is 29.2 Å². The molecular weight excluding hydrogens is 288 g/mol. The molecule has 2 aromatic rings. The molecule has 2 atom stereocenters. The second kappa shape index (κ2) is 6.19. The smallest absolute Gasteiger partial charge is 0.223 e. The second-order valence-corrected chi connectivity index (χ2v) is 6.67. The molecule has 1 aromatic carbocycles. The average molecular weight is 310 g/mol. The summed E-state index contributed by atoms with van der Waals surface area (Å²) in [5.41, 5.74) is 1.74. The van der Waals surface area contributed by atoms with Crippen molar-refractivity contribution < 1.29 is 9.21 Å². The molecule has 2 heterocycles. The summed E-state index contributed by atoms with van der Waals surface area (Å²) in [6, 6.07) is 7.86. The minimum Gasteiger partial charge on any atom is -0.440 e. The number of oxazole rings is 1. The van der Waals surface area contributed by atoms with Crippen molar-refractivity contribution in [2.75, 3.05) is 13.1 Å². The van der Waals surface area contributed by atoms with Crippen LogP contribution in [0.2, 0.25) is 0 Å². The van der Waals surface area contributed by atoms with Crippen molar-refractivity contribution >= 4 is 17.0 Å². The molecule has 0 spiro atoms. The molecule has 1 aliphatic heterocycles. The Bertz CT molecular complexity index is 701. The fourth-order valence-electron chi connectivity index (χ4n) is 3.69. The Kier molecular flexibility index (Phi) is 3.90. The molecule has 1 saturated heterocycles. The van der Waals surface area contributed by atoms with E-state index in [-0.39, 0.29) is 11.8 Å². The van der Waals surface area contributed by atoms with Gasteiger partial charge in [0.1, 0.15) is 5.52 Å². The van der Waals surface area contributed by atoms with Gasteiger partial charge in [0, 0.05) is 19.5 Å². The molecule has 0 unspecified atom stereocenters. The second-order valence-electron chi connectivity index (χ2n) is 6.67. The van der Waals surface area contributed by atoms with Crippen LogP contribution in [-0.4, -0.2) is 28.9 Å². The Morgan fingerprint density at radius 3 is 3.04 bits per heavy atom. The number of hydrogen-bond acceptors (Lipinski definition) is 3. The number of allylic oxidation sites excluding steroid dienone is 2. The maximum atomic E-state index is 12.5. The van der Waals surface area contributed by atoms with Gasteiger partial charge in [-0.1, -0.05) is 24.3 Å². The van der Waals surface area contributed by atoms with E-state index < -0.39 is 0 Å². The first-order valence-corrected chi connectivity index (χ1v) is 8.59. The van der Waals surface area contributed by atoms with E-state index in [9.17, 15) is 4.79 Å². The summed E-state index contributed by atoms with van der Waals surface area (Å²) in [4.78, 5) is 19.2. The third-order valence-electron chi connectivity index (χ3n) is 4.98. The topological polar surface area (TPSA) is 46.3 Å². The number of fused-ring (bicyclic) bond motifs is 1. The maximum absolute atomic E-state index is 12.5. The largest absolute Gasteiger partial charge is 0.440 e. The number of carbonyl (C=O) groups is 1. The third kappa shape index (κ3) is 3.03. The van der Waals surface area contributed by atoms with Gasteiger partial charge in [-0.15, -0.1) is 0 Å². The summed E-state index contributed by atoms with van der Waals surface area (Å²) >= 11 is 0. The van der Waals surface area contributed by atoms with Crippen LogP contribution in [-0.2, 0) is 4.79 Å². The molecule has 4 rings (SSSR count). The number of aromatic nitrogens is 1. The molecule has 1 amide bonds. The van der Waals surface area contributed by atoms with Crippen molar-refractivity contribution in [2.24, 2.45) is 5.92 Å². The van der Waals surface area contributed by atoms with Crippen molar-refractivity contribution in [1.82, 2.24) is 9.88 Å². The summed E-state index contributed by atoms with van der Waals surface area (Å²) in [7, 11) is 0. The molecule has 4 nitrogen and oxygen atoms in total. The van der Waals surface area contributed by atoms with Gasteiger partial charge in [0.05, 0.1) is 5.92 Å². The Hall–Kier alpha value is -2.10. The highest BCUT2D eigenvalue weighted by atomic mass is 16.3. The average Bonchev–Trinajstić information content (AvgIpc) is 3.24. The fraction of sp³-hybridized carbons (Fsp3) is 0.474. The highest BCUT2D eigenvalue weighted by Crippen LogP contribution is 2.30. The van der Waals surface area contributed by atoms with Gasteiger partial charge in [0.15, 0.2) is 11.5 Å². The first kappa shape index (κ1) is 14.5. The Labute approximate surface area is 136 Å². The number of likely N-dealkylation sites (tertiary alicyclic amines) is 1. The summed E-state index contributed by atoms with van der Waals surface area (Å²) in [6.07, 6.45) is 9.33. The minimum atomic E-state index is 0.222. The molecule has 1 aromatic heterocycles. The monoisotopic (exact) mass is 310 g/mol. The molecule has 23 heavy (non-hydrogen) atoms. The van der Waals surface area contributed by atoms with E-state index in [1.54, 1.807) is 0 Å². The van der Waals surface area contributed by atoms with Gasteiger partial charge in [0.2, 0.25) is 5.91 Å². The number of para-hydroxylation sites is 2. The number of carbonyl (C=O) groups excluding carboxylic acids is 1. The van der Waals surface area contributed by atoms with Crippen molar-refractivity contribution in [3.63, 3.8) is 0 Å². The quantitative estimate of drug-likeness (QED) is 0.808. The van der Waals surface area contributed by atoms with E-state index in [2.05, 4.69) is 17.1 Å². The minimum absolute atomic E-state index is 0.222. The lowest BCUT2D eigenvalue weighted by Crippen LogP contribution is -2.39. The Balaban J connectivity index is 1.45. The number of piperidine rings is 1. The van der Waals surface area contributed by atoms with Crippen LogP contribution in [0.25, 0.3) is 11.1 Å². The molecule has 0 bridgehead atoms. The maximum Gasteiger partial charge on any atom is 0.223 e. The van der Waals surface area contributed by atoms with Crippen LogP contribution in [0.1, 0.15) is 43.9 Å². The number of benzene rings is 1. The molecule has 0 saturated carbocycles. The van der Waals surface area contributed by atoms with Gasteiger partial charge in [-0.25, -0.2) is 4.98 Å². The summed E-state index contributed by atoms with van der Waals surface area (Å²) < 4.78 is 5.91. The van der Waals surface area contributed by atoms with E-state index in [1.165, 1.54) is 0 Å². The lowest BCUT2D eigenvalue weighted by atomic mass is 9.96. The summed E-state index contributed by atoms with van der Waals surface area (Å²) in [6.45, 7) is 1.61. The zero-order valence-electron chi connectivity index (χ0n) is 13.3. The zero-order valence-corrected chi connectivity index (χ0v) is 13.3. The van der Waals surface area contributed by atoms with Gasteiger partial charge in [-0.05, 0) is 43.7 Å². The Morgan fingerprint density at radius 2 is 2.22 bits per heavy atom. The van der Waals surface area contributed by atoms with Crippen LogP contribution < -0.4 is 0 Å². The molecule has 2 aliphatic rings. The van der Waals surface area contributed by atoms with Crippen molar-refractivity contribution in [1.29, 1.82) is 0 Å². The predicted molar refractivity (Wildman–Crippen MR) is 89.0 cm³/mol.